The molecule has 1 aliphatic rings. The highest BCUT2D eigenvalue weighted by Crippen LogP contribution is 2.44. The molecule has 1 heterocycles. The molecule has 1 atom stereocenters. The van der Waals surface area contributed by atoms with E-state index < -0.39 is 29.5 Å². The van der Waals surface area contributed by atoms with Crippen LogP contribution >= 0.6 is 11.6 Å². The Kier molecular flexibility index (Phi) is 7.73. The van der Waals surface area contributed by atoms with Gasteiger partial charge in [-0.2, -0.15) is 0 Å². The van der Waals surface area contributed by atoms with E-state index in [0.29, 0.717) is 16.8 Å². The molecular weight excluding hydrogens is 510 g/mol. The van der Waals surface area contributed by atoms with Crippen LogP contribution in [0.5, 0.6) is 11.5 Å². The number of hydrogen-bond acceptors (Lipinski definition) is 7. The normalized spacial score (nSPS) is 16.6. The Labute approximate surface area is 225 Å². The number of amides is 1. The fourth-order valence-corrected chi connectivity index (χ4v) is 4.51. The number of aliphatic hydroxyl groups is 1. The highest BCUT2D eigenvalue weighted by Gasteiger charge is 2.47. The van der Waals surface area contributed by atoms with Crippen LogP contribution in [-0.2, 0) is 14.3 Å². The van der Waals surface area contributed by atoms with E-state index in [0.717, 1.165) is 0 Å². The third-order valence-electron chi connectivity index (χ3n) is 6.01. The standard InChI is InChI=1S/C29H26ClNO7/c1-16(2)38-29(35)18-10-12-19(13-11-18)31-25(17-8-6-5-7-9-17)24(27(33)28(31)34)26(32)20-14-23(37-4)21(30)15-22(20)36-3/h5-16,25,32H,1-4H3/b26-24+. The number of ketones is 1. The predicted octanol–water partition coefficient (Wildman–Crippen LogP) is 5.55. The van der Waals surface area contributed by atoms with Gasteiger partial charge in [0, 0.05) is 11.8 Å². The molecule has 0 radical (unpaired) electrons. The zero-order chi connectivity index (χ0) is 27.6. The summed E-state index contributed by atoms with van der Waals surface area (Å²) >= 11 is 6.22. The molecule has 4 rings (SSSR count). The van der Waals surface area contributed by atoms with E-state index >= 15 is 0 Å². The molecule has 1 unspecified atom stereocenters. The Bertz CT molecular complexity index is 1410. The quantitative estimate of drug-likeness (QED) is 0.183. The largest absolute Gasteiger partial charge is 0.507 e. The number of nitrogens with zero attached hydrogens (tertiary/aromatic N) is 1. The molecule has 1 saturated heterocycles. The number of halogens is 1. The Morgan fingerprint density at radius 3 is 2.16 bits per heavy atom. The van der Waals surface area contributed by atoms with Crippen LogP contribution in [0.4, 0.5) is 5.69 Å². The number of rotatable bonds is 7. The van der Waals surface area contributed by atoms with Crippen molar-refractivity contribution in [2.24, 2.45) is 0 Å². The van der Waals surface area contributed by atoms with Gasteiger partial charge in [0.15, 0.2) is 0 Å². The van der Waals surface area contributed by atoms with Crippen molar-refractivity contribution in [2.75, 3.05) is 19.1 Å². The first-order valence-corrected chi connectivity index (χ1v) is 12.1. The van der Waals surface area contributed by atoms with Crippen molar-refractivity contribution >= 4 is 40.7 Å². The van der Waals surface area contributed by atoms with Crippen LogP contribution in [0.3, 0.4) is 0 Å². The number of hydrogen-bond donors (Lipinski definition) is 1. The van der Waals surface area contributed by atoms with E-state index in [1.165, 1.54) is 43.4 Å². The average Bonchev–Trinajstić information content (AvgIpc) is 3.18. The second-order valence-corrected chi connectivity index (χ2v) is 9.17. The van der Waals surface area contributed by atoms with E-state index in [9.17, 15) is 19.5 Å². The van der Waals surface area contributed by atoms with Crippen molar-refractivity contribution < 1.29 is 33.7 Å². The van der Waals surface area contributed by atoms with Gasteiger partial charge in [-0.3, -0.25) is 14.5 Å². The highest BCUT2D eigenvalue weighted by atomic mass is 35.5. The number of Topliss-reactive ketones (excluding diaryl/α,β-unsaturated/α-hetero) is 1. The minimum absolute atomic E-state index is 0.132. The maximum Gasteiger partial charge on any atom is 0.338 e. The lowest BCUT2D eigenvalue weighted by molar-refractivity contribution is -0.132. The van der Waals surface area contributed by atoms with E-state index in [1.807, 2.05) is 0 Å². The predicted molar refractivity (Wildman–Crippen MR) is 143 cm³/mol. The summed E-state index contributed by atoms with van der Waals surface area (Å²) < 4.78 is 15.9. The number of carbonyl (C=O) groups excluding carboxylic acids is 3. The number of carbonyl (C=O) groups is 3. The van der Waals surface area contributed by atoms with Crippen molar-refractivity contribution in [3.63, 3.8) is 0 Å². The third kappa shape index (κ3) is 4.95. The fraction of sp³-hybridized carbons (Fsp3) is 0.207. The van der Waals surface area contributed by atoms with Crippen LogP contribution in [0.1, 0.15) is 41.4 Å². The molecular formula is C29H26ClNO7. The summed E-state index contributed by atoms with van der Waals surface area (Å²) in [6, 6.07) is 17.0. The van der Waals surface area contributed by atoms with Gasteiger partial charge in [-0.05, 0) is 49.7 Å². The number of anilines is 1. The molecule has 1 N–H and O–H groups in total. The Morgan fingerprint density at radius 2 is 1.58 bits per heavy atom. The Morgan fingerprint density at radius 1 is 0.947 bits per heavy atom. The summed E-state index contributed by atoms with van der Waals surface area (Å²) in [6.45, 7) is 3.49. The van der Waals surface area contributed by atoms with Gasteiger partial charge >= 0.3 is 5.97 Å². The van der Waals surface area contributed by atoms with Gasteiger partial charge in [-0.15, -0.1) is 0 Å². The van der Waals surface area contributed by atoms with Crippen molar-refractivity contribution in [3.05, 3.63) is 94.0 Å². The summed E-state index contributed by atoms with van der Waals surface area (Å²) in [4.78, 5) is 40.4. The highest BCUT2D eigenvalue weighted by molar-refractivity contribution is 6.51. The first-order chi connectivity index (χ1) is 18.2. The van der Waals surface area contributed by atoms with Crippen molar-refractivity contribution in [1.29, 1.82) is 0 Å². The SMILES string of the molecule is COc1cc(/C(O)=C2\C(=O)C(=O)N(c3ccc(C(=O)OC(C)C)cc3)C2c2ccccc2)c(OC)cc1Cl. The molecule has 3 aromatic carbocycles. The monoisotopic (exact) mass is 535 g/mol. The minimum atomic E-state index is -0.962. The van der Waals surface area contributed by atoms with Gasteiger partial charge in [0.1, 0.15) is 17.3 Å². The average molecular weight is 536 g/mol. The molecule has 0 saturated carbocycles. The molecule has 3 aromatic rings. The first kappa shape index (κ1) is 26.8. The maximum atomic E-state index is 13.4. The summed E-state index contributed by atoms with van der Waals surface area (Å²) in [5.41, 5.74) is 1.26. The molecule has 0 aromatic heterocycles. The van der Waals surface area contributed by atoms with E-state index in [2.05, 4.69) is 0 Å². The van der Waals surface area contributed by atoms with Gasteiger partial charge in [0.25, 0.3) is 11.7 Å². The second kappa shape index (κ2) is 11.0. The topological polar surface area (TPSA) is 102 Å². The lowest BCUT2D eigenvalue weighted by Crippen LogP contribution is -2.29. The first-order valence-electron chi connectivity index (χ1n) is 11.8. The molecule has 1 fully saturated rings. The molecule has 9 heteroatoms. The lowest BCUT2D eigenvalue weighted by atomic mass is 9.94. The number of benzene rings is 3. The molecule has 0 spiro atoms. The van der Waals surface area contributed by atoms with Crippen LogP contribution in [0.2, 0.25) is 5.02 Å². The van der Waals surface area contributed by atoms with E-state index in [4.69, 9.17) is 25.8 Å². The molecule has 1 aliphatic heterocycles. The van der Waals surface area contributed by atoms with Crippen LogP contribution in [0.25, 0.3) is 5.76 Å². The molecule has 196 valence electrons. The summed E-state index contributed by atoms with van der Waals surface area (Å²) in [7, 11) is 2.81. The third-order valence-corrected chi connectivity index (χ3v) is 6.31. The van der Waals surface area contributed by atoms with Gasteiger partial charge in [-0.1, -0.05) is 41.9 Å². The number of methoxy groups -OCH3 is 2. The molecule has 8 nitrogen and oxygen atoms in total. The number of esters is 1. The van der Waals surface area contributed by atoms with Crippen molar-refractivity contribution in [3.8, 4) is 11.5 Å². The second-order valence-electron chi connectivity index (χ2n) is 8.77. The van der Waals surface area contributed by atoms with Crippen molar-refractivity contribution in [2.45, 2.75) is 26.0 Å². The lowest BCUT2D eigenvalue weighted by Gasteiger charge is -2.25. The van der Waals surface area contributed by atoms with Crippen LogP contribution < -0.4 is 14.4 Å². The van der Waals surface area contributed by atoms with E-state index in [-0.39, 0.29) is 33.8 Å². The Balaban J connectivity index is 1.88. The molecule has 0 bridgehead atoms. The van der Waals surface area contributed by atoms with Gasteiger partial charge < -0.3 is 19.3 Å². The van der Waals surface area contributed by atoms with Gasteiger partial charge in [0.05, 0.1) is 48.1 Å². The van der Waals surface area contributed by atoms with Crippen LogP contribution in [0, 0.1) is 0 Å². The number of aliphatic hydroxyl groups excluding tert-OH is 1. The van der Waals surface area contributed by atoms with Crippen LogP contribution in [0.15, 0.2) is 72.3 Å². The van der Waals surface area contributed by atoms with Gasteiger partial charge in [-0.25, -0.2) is 4.79 Å². The maximum absolute atomic E-state index is 13.4. The summed E-state index contributed by atoms with van der Waals surface area (Å²) in [5.74, 6) is -2.21. The van der Waals surface area contributed by atoms with Crippen LogP contribution in [-0.4, -0.2) is 43.1 Å². The zero-order valence-corrected chi connectivity index (χ0v) is 22.0. The minimum Gasteiger partial charge on any atom is -0.507 e. The van der Waals surface area contributed by atoms with Crippen molar-refractivity contribution in [1.82, 2.24) is 0 Å². The summed E-state index contributed by atoms with van der Waals surface area (Å²) in [5, 5.41) is 11.7. The summed E-state index contributed by atoms with van der Waals surface area (Å²) in [6.07, 6.45) is -0.290. The molecule has 1 amide bonds. The molecule has 0 aliphatic carbocycles. The smallest absolute Gasteiger partial charge is 0.338 e. The number of ether oxygens (including phenoxy) is 3. The zero-order valence-electron chi connectivity index (χ0n) is 21.2. The Hall–Kier alpha value is -4.30. The van der Waals surface area contributed by atoms with Gasteiger partial charge in [0.2, 0.25) is 0 Å². The van der Waals surface area contributed by atoms with E-state index in [1.54, 1.807) is 56.3 Å². The fourth-order valence-electron chi connectivity index (χ4n) is 4.28. The molecule has 38 heavy (non-hydrogen) atoms.